The van der Waals surface area contributed by atoms with Gasteiger partial charge in [-0.1, -0.05) is 12.8 Å². The Kier molecular flexibility index (Phi) is 5.86. The first-order chi connectivity index (χ1) is 11.0. The number of rotatable bonds is 6. The Morgan fingerprint density at radius 1 is 0.538 bits per heavy atom. The van der Waals surface area contributed by atoms with E-state index in [-0.39, 0.29) is 4.72 Å². The third-order valence-corrected chi connectivity index (χ3v) is 2.92. The fraction of sp³-hybridized carbons (Fsp3) is 0.875. The molecule has 0 aromatic carbocycles. The number of nitrogens with one attached hydrogen (secondary N) is 1. The predicted molar refractivity (Wildman–Crippen MR) is 52.9 cm³/mol. The number of carbonyl (C=O) groups excluding carboxylic acids is 1. The minimum Gasteiger partial charge on any atom is -0.297 e. The molecule has 0 saturated heterocycles. The number of alkyl halides is 15. The van der Waals surface area contributed by atoms with Crippen LogP contribution in [0.1, 0.15) is 0 Å². The van der Waals surface area contributed by atoms with E-state index < -0.39 is 47.6 Å². The smallest absolute Gasteiger partial charge is 0.297 e. The lowest BCUT2D eigenvalue weighted by atomic mass is 9.91. The summed E-state index contributed by atoms with van der Waals surface area (Å²) >= 11 is 2.39. The van der Waals surface area contributed by atoms with Crippen LogP contribution in [0.4, 0.5) is 65.9 Å². The second-order valence-electron chi connectivity index (χ2n) is 4.39. The molecular weight excluding hydrogens is 443 g/mol. The Hall–Kier alpha value is -1.23. The lowest BCUT2D eigenvalue weighted by molar-refractivity contribution is -0.449. The number of amides is 1. The maximum Gasteiger partial charge on any atom is 0.460 e. The van der Waals surface area contributed by atoms with Crippen LogP contribution in [0, 0.1) is 0 Å². The van der Waals surface area contributed by atoms with E-state index in [0.29, 0.717) is 0 Å². The third-order valence-electron chi connectivity index (χ3n) is 2.71. The molecule has 0 fully saturated rings. The number of hydrogen-bond donors (Lipinski definition) is 2. The first-order valence-corrected chi connectivity index (χ1v) is 5.71. The zero-order chi connectivity index (χ0) is 21.8. The van der Waals surface area contributed by atoms with Gasteiger partial charge in [-0.15, -0.1) is 0 Å². The van der Waals surface area contributed by atoms with Crippen LogP contribution in [0.5, 0.6) is 0 Å². The highest BCUT2D eigenvalue weighted by Crippen LogP contribution is 2.62. The van der Waals surface area contributed by atoms with Crippen LogP contribution in [0.15, 0.2) is 0 Å². The fourth-order valence-corrected chi connectivity index (χ4v) is 1.32. The Morgan fingerprint density at radius 3 is 1.08 bits per heavy atom. The van der Waals surface area contributed by atoms with Gasteiger partial charge in [-0.25, -0.2) is 0 Å². The molecule has 0 aliphatic carbocycles. The normalized spacial score (nSPS) is 15.8. The Balaban J connectivity index is 6.56. The van der Waals surface area contributed by atoms with E-state index in [9.17, 15) is 70.7 Å². The van der Waals surface area contributed by atoms with Crippen LogP contribution < -0.4 is 4.72 Å². The van der Waals surface area contributed by atoms with E-state index in [4.69, 9.17) is 0 Å². The Bertz CT molecular complexity index is 552. The second kappa shape index (κ2) is 6.15. The first-order valence-electron chi connectivity index (χ1n) is 5.26. The van der Waals surface area contributed by atoms with E-state index in [0.717, 1.165) is 0 Å². The lowest BCUT2D eigenvalue weighted by Crippen LogP contribution is -2.73. The van der Waals surface area contributed by atoms with Gasteiger partial charge in [0.25, 0.3) is 0 Å². The van der Waals surface area contributed by atoms with E-state index in [1.165, 1.54) is 0 Å². The molecule has 0 bridgehead atoms. The summed E-state index contributed by atoms with van der Waals surface area (Å²) in [4.78, 5) is 10.3. The van der Waals surface area contributed by atoms with Crippen LogP contribution in [0.25, 0.3) is 0 Å². The molecule has 1 N–H and O–H groups in total. The maximum absolute atomic E-state index is 13.0. The van der Waals surface area contributed by atoms with Crippen molar-refractivity contribution < 1.29 is 70.7 Å². The summed E-state index contributed by atoms with van der Waals surface area (Å²) in [5, 5.41) is 0. The van der Waals surface area contributed by atoms with Crippen LogP contribution in [0.3, 0.4) is 0 Å². The molecule has 26 heavy (non-hydrogen) atoms. The fourth-order valence-electron chi connectivity index (χ4n) is 1.18. The van der Waals surface area contributed by atoms with Gasteiger partial charge in [0.2, 0.25) is 0 Å². The molecule has 18 heteroatoms. The largest absolute Gasteiger partial charge is 0.460 e. The summed E-state index contributed by atoms with van der Waals surface area (Å²) in [5.41, 5.74) is 0. The highest BCUT2D eigenvalue weighted by molar-refractivity contribution is 7.78. The van der Waals surface area contributed by atoms with Crippen LogP contribution in [-0.2, 0) is 4.79 Å². The van der Waals surface area contributed by atoms with Gasteiger partial charge >= 0.3 is 47.6 Å². The summed E-state index contributed by atoms with van der Waals surface area (Å²) in [5.74, 6) is -51.5. The van der Waals surface area contributed by atoms with Gasteiger partial charge in [0, 0.05) is 0 Å². The average molecular weight is 445 g/mol. The molecule has 0 aromatic heterocycles. The third kappa shape index (κ3) is 2.92. The minimum atomic E-state index is -8.41. The number of hydrogen-bond acceptors (Lipinski definition) is 2. The summed E-state index contributed by atoms with van der Waals surface area (Å²) < 4.78 is 190. The summed E-state index contributed by atoms with van der Waals surface area (Å²) in [7, 11) is 0. The first kappa shape index (κ1) is 24.8. The zero-order valence-electron chi connectivity index (χ0n) is 11.0. The van der Waals surface area contributed by atoms with Gasteiger partial charge in [-0.2, -0.15) is 65.9 Å². The topological polar surface area (TPSA) is 29.1 Å². The number of carbonyl (C=O) groups is 1. The van der Waals surface area contributed by atoms with Gasteiger partial charge in [0.05, 0.1) is 0 Å². The molecular formula is C8H2F15NOS. The highest BCUT2D eigenvalue weighted by Gasteiger charge is 2.94. The molecule has 0 unspecified atom stereocenters. The van der Waals surface area contributed by atoms with Gasteiger partial charge < -0.3 is 0 Å². The molecule has 0 rings (SSSR count). The predicted octanol–water partition coefficient (Wildman–Crippen LogP) is 4.32. The monoisotopic (exact) mass is 445 g/mol. The summed E-state index contributed by atoms with van der Waals surface area (Å²) in [6.45, 7) is 0. The van der Waals surface area contributed by atoms with Crippen molar-refractivity contribution in [1.82, 2.24) is 4.72 Å². The standard InChI is InChI=1S/C8H2F15NOS/c9-2(10,1(25)24-26)3(11,12)4(13,14)5(15,16)6(17,18)7(19,20)8(21,22)23/h26H,(H,24,25). The van der Waals surface area contributed by atoms with Gasteiger partial charge in [-0.05, 0) is 0 Å². The lowest BCUT2D eigenvalue weighted by Gasteiger charge is -2.40. The van der Waals surface area contributed by atoms with Gasteiger partial charge in [0.15, 0.2) is 0 Å². The van der Waals surface area contributed by atoms with Crippen LogP contribution >= 0.6 is 12.8 Å². The molecule has 0 aliphatic heterocycles. The molecule has 0 radical (unpaired) electrons. The van der Waals surface area contributed by atoms with Crippen molar-refractivity contribution in [1.29, 1.82) is 0 Å². The second-order valence-corrected chi connectivity index (χ2v) is 4.61. The molecule has 0 aliphatic rings. The molecule has 0 heterocycles. The highest BCUT2D eigenvalue weighted by atomic mass is 32.1. The van der Waals surface area contributed by atoms with Crippen LogP contribution in [-0.4, -0.2) is 47.6 Å². The maximum atomic E-state index is 13.0. The summed E-state index contributed by atoms with van der Waals surface area (Å²) in [6.07, 6.45) is -7.67. The van der Waals surface area contributed by atoms with Crippen molar-refractivity contribution in [2.75, 3.05) is 0 Å². The van der Waals surface area contributed by atoms with Crippen molar-refractivity contribution in [3.63, 3.8) is 0 Å². The zero-order valence-corrected chi connectivity index (χ0v) is 11.9. The average Bonchev–Trinajstić information content (AvgIpc) is 2.43. The van der Waals surface area contributed by atoms with E-state index in [1.807, 2.05) is 0 Å². The van der Waals surface area contributed by atoms with E-state index in [2.05, 4.69) is 12.8 Å². The Labute approximate surface area is 137 Å². The molecule has 0 aromatic rings. The molecule has 2 nitrogen and oxygen atoms in total. The van der Waals surface area contributed by atoms with E-state index >= 15 is 0 Å². The van der Waals surface area contributed by atoms with Crippen molar-refractivity contribution in [3.05, 3.63) is 0 Å². The molecule has 0 atom stereocenters. The van der Waals surface area contributed by atoms with Gasteiger partial charge in [-0.3, -0.25) is 9.52 Å². The molecule has 1 amide bonds. The van der Waals surface area contributed by atoms with Crippen LogP contribution in [0.2, 0.25) is 0 Å². The van der Waals surface area contributed by atoms with Crippen molar-refractivity contribution >= 4 is 18.7 Å². The van der Waals surface area contributed by atoms with Gasteiger partial charge in [0.1, 0.15) is 0 Å². The van der Waals surface area contributed by atoms with Crippen molar-refractivity contribution in [3.8, 4) is 0 Å². The van der Waals surface area contributed by atoms with E-state index in [1.54, 1.807) is 0 Å². The SMILES string of the molecule is O=C(NS)C(F)(F)C(F)(F)C(F)(F)C(F)(F)C(F)(F)C(F)(F)C(F)(F)F. The number of thiol groups is 1. The quantitative estimate of drug-likeness (QED) is 0.463. The minimum absolute atomic E-state index is 0.260. The summed E-state index contributed by atoms with van der Waals surface area (Å²) in [6, 6.07) is 0. The molecule has 0 saturated carbocycles. The van der Waals surface area contributed by atoms with Crippen molar-refractivity contribution in [2.24, 2.45) is 0 Å². The van der Waals surface area contributed by atoms with Crippen molar-refractivity contribution in [2.45, 2.75) is 41.7 Å². The molecule has 156 valence electrons. The molecule has 0 spiro atoms. The Morgan fingerprint density at radius 2 is 0.808 bits per heavy atom. The number of halogens is 15.